The number of halogens is 1. The van der Waals surface area contributed by atoms with Gasteiger partial charge in [-0.3, -0.25) is 0 Å². The molecule has 1 aliphatic rings. The lowest BCUT2D eigenvalue weighted by Gasteiger charge is -2.22. The molecule has 0 atom stereocenters. The molecule has 3 aromatic rings. The van der Waals surface area contributed by atoms with Crippen LogP contribution in [0, 0.1) is 0 Å². The molecule has 4 rings (SSSR count). The van der Waals surface area contributed by atoms with Gasteiger partial charge < -0.3 is 4.90 Å². The van der Waals surface area contributed by atoms with Crippen LogP contribution in [-0.2, 0) is 18.7 Å². The first-order valence-corrected chi connectivity index (χ1v) is 11.5. The van der Waals surface area contributed by atoms with Crippen LogP contribution in [0.3, 0.4) is 0 Å². The van der Waals surface area contributed by atoms with Crippen molar-refractivity contribution in [1.29, 1.82) is 0 Å². The topological polar surface area (TPSA) is 29.0 Å². The maximum Gasteiger partial charge on any atom is 0.189 e. The number of benzene rings is 1. The van der Waals surface area contributed by atoms with Crippen molar-refractivity contribution >= 4 is 56.7 Å². The van der Waals surface area contributed by atoms with Crippen LogP contribution in [0.15, 0.2) is 34.4 Å². The molecule has 0 fully saturated rings. The van der Waals surface area contributed by atoms with Crippen LogP contribution in [0.5, 0.6) is 0 Å². The SMILES string of the molecule is CSc1nc(SCc2ccccc2Cl)c2c3c(sc2n1)CN(C)CC3. The second-order valence-electron chi connectivity index (χ2n) is 6.07. The maximum atomic E-state index is 6.32. The first-order chi connectivity index (χ1) is 12.2. The van der Waals surface area contributed by atoms with Crippen molar-refractivity contribution in [3.05, 3.63) is 45.3 Å². The van der Waals surface area contributed by atoms with Crippen LogP contribution in [0.25, 0.3) is 10.2 Å². The van der Waals surface area contributed by atoms with Gasteiger partial charge in [0.15, 0.2) is 5.16 Å². The van der Waals surface area contributed by atoms with Crippen LogP contribution in [0.4, 0.5) is 0 Å². The lowest BCUT2D eigenvalue weighted by molar-refractivity contribution is 0.318. The highest BCUT2D eigenvalue weighted by Gasteiger charge is 2.23. The van der Waals surface area contributed by atoms with Crippen molar-refractivity contribution in [2.45, 2.75) is 28.9 Å². The molecule has 25 heavy (non-hydrogen) atoms. The summed E-state index contributed by atoms with van der Waals surface area (Å²) in [5, 5.41) is 4.03. The van der Waals surface area contributed by atoms with Gasteiger partial charge in [-0.25, -0.2) is 9.97 Å². The number of aromatic nitrogens is 2. The molecule has 0 saturated carbocycles. The largest absolute Gasteiger partial charge is 0.301 e. The molecule has 3 nitrogen and oxygen atoms in total. The van der Waals surface area contributed by atoms with Gasteiger partial charge in [-0.1, -0.05) is 41.6 Å². The highest BCUT2D eigenvalue weighted by Crippen LogP contribution is 2.40. The molecule has 0 unspecified atom stereocenters. The van der Waals surface area contributed by atoms with Crippen molar-refractivity contribution < 1.29 is 0 Å². The molecule has 0 N–H and O–H groups in total. The number of rotatable bonds is 4. The van der Waals surface area contributed by atoms with E-state index in [1.807, 2.05) is 35.8 Å². The van der Waals surface area contributed by atoms with Crippen molar-refractivity contribution in [3.8, 4) is 0 Å². The van der Waals surface area contributed by atoms with Gasteiger partial charge in [-0.15, -0.1) is 23.1 Å². The fourth-order valence-electron chi connectivity index (χ4n) is 3.03. The summed E-state index contributed by atoms with van der Waals surface area (Å²) in [6.07, 6.45) is 3.11. The molecule has 0 spiro atoms. The van der Waals surface area contributed by atoms with Crippen molar-refractivity contribution in [2.24, 2.45) is 0 Å². The highest BCUT2D eigenvalue weighted by atomic mass is 35.5. The van der Waals surface area contributed by atoms with Crippen molar-refractivity contribution in [2.75, 3.05) is 19.8 Å². The van der Waals surface area contributed by atoms with Crippen LogP contribution < -0.4 is 0 Å². The van der Waals surface area contributed by atoms with Crippen LogP contribution >= 0.6 is 46.5 Å². The van der Waals surface area contributed by atoms with E-state index in [0.29, 0.717) is 0 Å². The molecule has 1 aromatic carbocycles. The molecule has 0 bridgehead atoms. The fraction of sp³-hybridized carbons (Fsp3) is 0.333. The molecule has 0 amide bonds. The average Bonchev–Trinajstić information content (AvgIpc) is 2.97. The summed E-state index contributed by atoms with van der Waals surface area (Å²) in [5.41, 5.74) is 2.60. The zero-order valence-electron chi connectivity index (χ0n) is 14.1. The van der Waals surface area contributed by atoms with E-state index in [-0.39, 0.29) is 0 Å². The Balaban J connectivity index is 1.75. The molecule has 0 saturated heterocycles. The second-order valence-corrected chi connectivity index (χ2v) is 9.30. The summed E-state index contributed by atoms with van der Waals surface area (Å²) in [6, 6.07) is 8.04. The summed E-state index contributed by atoms with van der Waals surface area (Å²) in [5.74, 6) is 0.824. The molecule has 0 radical (unpaired) electrons. The number of thioether (sulfide) groups is 2. The Morgan fingerprint density at radius 3 is 2.92 bits per heavy atom. The quantitative estimate of drug-likeness (QED) is 0.330. The number of hydrogen-bond acceptors (Lipinski definition) is 6. The normalized spacial score (nSPS) is 14.8. The summed E-state index contributed by atoms with van der Waals surface area (Å²) in [4.78, 5) is 14.5. The van der Waals surface area contributed by atoms with Gasteiger partial charge in [0, 0.05) is 34.1 Å². The van der Waals surface area contributed by atoms with E-state index >= 15 is 0 Å². The van der Waals surface area contributed by atoms with Crippen LogP contribution in [0.1, 0.15) is 16.0 Å². The predicted octanol–water partition coefficient (Wildman–Crippen LogP) is 5.35. The Kier molecular flexibility index (Phi) is 5.25. The third-order valence-corrected chi connectivity index (χ3v) is 7.39. The molecule has 7 heteroatoms. The van der Waals surface area contributed by atoms with Gasteiger partial charge in [0.25, 0.3) is 0 Å². The first-order valence-electron chi connectivity index (χ1n) is 8.06. The Hall–Kier alpha value is -0.790. The highest BCUT2D eigenvalue weighted by molar-refractivity contribution is 7.99. The van der Waals surface area contributed by atoms with Crippen LogP contribution in [0.2, 0.25) is 5.02 Å². The Morgan fingerprint density at radius 2 is 2.12 bits per heavy atom. The van der Waals surface area contributed by atoms with Crippen molar-refractivity contribution in [3.63, 3.8) is 0 Å². The zero-order chi connectivity index (χ0) is 17.4. The lowest BCUT2D eigenvalue weighted by Crippen LogP contribution is -2.25. The zero-order valence-corrected chi connectivity index (χ0v) is 17.3. The Labute approximate surface area is 165 Å². The van der Waals surface area contributed by atoms with Gasteiger partial charge in [0.05, 0.1) is 0 Å². The smallest absolute Gasteiger partial charge is 0.189 e. The molecule has 130 valence electrons. The lowest BCUT2D eigenvalue weighted by atomic mass is 10.1. The average molecular weight is 408 g/mol. The third kappa shape index (κ3) is 3.55. The minimum Gasteiger partial charge on any atom is -0.301 e. The summed E-state index contributed by atoms with van der Waals surface area (Å²) >= 11 is 11.5. The minimum atomic E-state index is 0.819. The summed E-state index contributed by atoms with van der Waals surface area (Å²) in [6.45, 7) is 2.11. The van der Waals surface area contributed by atoms with E-state index in [4.69, 9.17) is 21.6 Å². The Morgan fingerprint density at radius 1 is 1.28 bits per heavy atom. The first kappa shape index (κ1) is 17.6. The minimum absolute atomic E-state index is 0.819. The second kappa shape index (κ2) is 7.45. The van der Waals surface area contributed by atoms with E-state index < -0.39 is 0 Å². The fourth-order valence-corrected chi connectivity index (χ4v) is 6.21. The molecular weight excluding hydrogens is 390 g/mol. The number of likely N-dealkylation sites (N-methyl/N-ethyl adjacent to an activating group) is 1. The van der Waals surface area contributed by atoms with Gasteiger partial charge >= 0.3 is 0 Å². The number of thiophene rings is 1. The van der Waals surface area contributed by atoms with E-state index in [2.05, 4.69) is 18.0 Å². The number of hydrogen-bond donors (Lipinski definition) is 0. The Bertz CT molecular complexity index is 925. The van der Waals surface area contributed by atoms with E-state index in [9.17, 15) is 0 Å². The molecular formula is C18H18ClN3S3. The standard InChI is InChI=1S/C18H18ClN3S3/c1-22-8-7-12-14(9-22)25-17-15(12)16(20-18(21-17)23-2)24-10-11-5-3-4-6-13(11)19/h3-6H,7-10H2,1-2H3. The van der Waals surface area contributed by atoms with E-state index in [1.54, 1.807) is 23.5 Å². The number of fused-ring (bicyclic) bond motifs is 3. The summed E-state index contributed by atoms with van der Waals surface area (Å²) < 4.78 is 0. The van der Waals surface area contributed by atoms with Gasteiger partial charge in [0.2, 0.25) is 0 Å². The molecule has 2 aromatic heterocycles. The van der Waals surface area contributed by atoms with Gasteiger partial charge in [-0.05, 0) is 36.9 Å². The molecule has 1 aliphatic heterocycles. The van der Waals surface area contributed by atoms with E-state index in [1.165, 1.54) is 15.8 Å². The third-order valence-electron chi connectivity index (χ3n) is 4.34. The molecule has 3 heterocycles. The van der Waals surface area contributed by atoms with Crippen molar-refractivity contribution in [1.82, 2.24) is 14.9 Å². The number of nitrogens with zero attached hydrogens (tertiary/aromatic N) is 3. The van der Waals surface area contributed by atoms with Gasteiger partial charge in [-0.2, -0.15) is 0 Å². The maximum absolute atomic E-state index is 6.32. The predicted molar refractivity (Wildman–Crippen MR) is 110 cm³/mol. The summed E-state index contributed by atoms with van der Waals surface area (Å²) in [7, 11) is 2.18. The van der Waals surface area contributed by atoms with Gasteiger partial charge in [0.1, 0.15) is 9.86 Å². The van der Waals surface area contributed by atoms with E-state index in [0.717, 1.165) is 50.9 Å². The molecule has 0 aliphatic carbocycles. The van der Waals surface area contributed by atoms with Crippen LogP contribution in [-0.4, -0.2) is 34.7 Å². The monoisotopic (exact) mass is 407 g/mol.